The third kappa shape index (κ3) is 4.96. The molecule has 0 aliphatic carbocycles. The first kappa shape index (κ1) is 26.4. The second-order valence-electron chi connectivity index (χ2n) is 8.05. The highest BCUT2D eigenvalue weighted by Crippen LogP contribution is 2.36. The summed E-state index contributed by atoms with van der Waals surface area (Å²) >= 11 is 5.99. The van der Waals surface area contributed by atoms with E-state index in [4.69, 9.17) is 25.2 Å². The van der Waals surface area contributed by atoms with Crippen molar-refractivity contribution in [3.05, 3.63) is 82.3 Å². The molecule has 2 heterocycles. The topological polar surface area (TPSA) is 106 Å². The maximum absolute atomic E-state index is 15.4. The standard InChI is InChI=1S/C23H16BClF5N5O2/c24-23(37,13-3-1-11(2-4-13)19(27)28)22(29,30)10-32-20(36)17-15(25)6-5-14(18(17)26)12-7-8-35-16(9-12)33-21(31)34-35/h1-9,19,37H,10H2,(H2,31,34)(H,32,36). The van der Waals surface area contributed by atoms with Crippen molar-refractivity contribution in [1.82, 2.24) is 19.9 Å². The molecule has 190 valence electrons. The van der Waals surface area contributed by atoms with Gasteiger partial charge in [-0.3, -0.25) is 4.79 Å². The van der Waals surface area contributed by atoms with Gasteiger partial charge in [0.2, 0.25) is 5.95 Å². The van der Waals surface area contributed by atoms with Crippen molar-refractivity contribution in [3.63, 3.8) is 0 Å². The molecule has 0 fully saturated rings. The summed E-state index contributed by atoms with van der Waals surface area (Å²) in [6.45, 7) is -1.53. The Morgan fingerprint density at radius 2 is 1.86 bits per heavy atom. The number of carbonyl (C=O) groups excluding carboxylic acids is 1. The van der Waals surface area contributed by atoms with Crippen molar-refractivity contribution < 1.29 is 31.9 Å². The Bertz CT molecular complexity index is 1480. The number of pyridine rings is 1. The van der Waals surface area contributed by atoms with E-state index in [1.54, 1.807) is 0 Å². The van der Waals surface area contributed by atoms with Gasteiger partial charge in [-0.05, 0) is 35.4 Å². The number of fused-ring (bicyclic) bond motifs is 1. The molecule has 1 unspecified atom stereocenters. The van der Waals surface area contributed by atoms with Crippen LogP contribution in [0.15, 0.2) is 54.7 Å². The number of aromatic nitrogens is 3. The van der Waals surface area contributed by atoms with Crippen LogP contribution < -0.4 is 11.1 Å². The van der Waals surface area contributed by atoms with Gasteiger partial charge in [0.25, 0.3) is 18.3 Å². The Morgan fingerprint density at radius 1 is 1.19 bits per heavy atom. The quantitative estimate of drug-likeness (QED) is 0.244. The van der Waals surface area contributed by atoms with Crippen LogP contribution in [0.4, 0.5) is 27.9 Å². The van der Waals surface area contributed by atoms with Crippen LogP contribution in [-0.4, -0.2) is 45.9 Å². The van der Waals surface area contributed by atoms with Gasteiger partial charge in [-0.15, -0.1) is 5.10 Å². The molecule has 0 saturated carbocycles. The SMILES string of the molecule is [B]C(O)(c1ccc(C(F)F)cc1)C(F)(F)CNC(=O)c1c(Cl)ccc(-c2ccn3nc(N)nc3c2)c1F. The average molecular weight is 536 g/mol. The minimum Gasteiger partial charge on any atom is -0.389 e. The molecule has 2 aromatic heterocycles. The van der Waals surface area contributed by atoms with E-state index in [1.165, 1.54) is 35.0 Å². The number of benzene rings is 2. The first-order valence-electron chi connectivity index (χ1n) is 10.5. The van der Waals surface area contributed by atoms with Crippen LogP contribution in [0, 0.1) is 5.82 Å². The first-order valence-corrected chi connectivity index (χ1v) is 10.9. The van der Waals surface area contributed by atoms with E-state index in [1.807, 2.05) is 5.32 Å². The smallest absolute Gasteiger partial charge is 0.288 e. The number of amides is 1. The monoisotopic (exact) mass is 535 g/mol. The van der Waals surface area contributed by atoms with Gasteiger partial charge in [0.15, 0.2) is 5.65 Å². The molecule has 14 heteroatoms. The molecule has 4 N–H and O–H groups in total. The fraction of sp³-hybridized carbons (Fsp3) is 0.174. The van der Waals surface area contributed by atoms with Crippen molar-refractivity contribution in [3.8, 4) is 11.1 Å². The van der Waals surface area contributed by atoms with Gasteiger partial charge in [-0.25, -0.2) is 26.5 Å². The molecule has 4 aromatic rings. The lowest BCUT2D eigenvalue weighted by Gasteiger charge is -2.34. The summed E-state index contributed by atoms with van der Waals surface area (Å²) in [6.07, 6.45) is -1.40. The molecule has 37 heavy (non-hydrogen) atoms. The molecule has 0 aliphatic rings. The Morgan fingerprint density at radius 3 is 2.51 bits per heavy atom. The Labute approximate surface area is 212 Å². The van der Waals surface area contributed by atoms with Crippen LogP contribution in [-0.2, 0) is 5.50 Å². The number of nitrogens with zero attached hydrogens (tertiary/aromatic N) is 3. The van der Waals surface area contributed by atoms with E-state index in [0.29, 0.717) is 5.65 Å². The first-order chi connectivity index (χ1) is 17.3. The maximum atomic E-state index is 15.4. The summed E-state index contributed by atoms with van der Waals surface area (Å²) in [5.41, 5.74) is 0.911. The number of nitrogen functional groups attached to an aromatic ring is 1. The van der Waals surface area contributed by atoms with Crippen LogP contribution in [0.2, 0.25) is 5.02 Å². The normalized spacial score (nSPS) is 13.6. The average Bonchev–Trinajstić information content (AvgIpc) is 3.22. The third-order valence-electron chi connectivity index (χ3n) is 5.61. The highest BCUT2D eigenvalue weighted by molar-refractivity contribution is 6.34. The molecule has 7 nitrogen and oxygen atoms in total. The summed E-state index contributed by atoms with van der Waals surface area (Å²) in [7, 11) is 5.42. The Balaban J connectivity index is 1.57. The van der Waals surface area contributed by atoms with E-state index in [0.717, 1.165) is 24.3 Å². The maximum Gasteiger partial charge on any atom is 0.288 e. The zero-order valence-electron chi connectivity index (χ0n) is 18.6. The molecule has 1 atom stereocenters. The molecule has 0 spiro atoms. The molecule has 4 rings (SSSR count). The fourth-order valence-corrected chi connectivity index (χ4v) is 3.79. The van der Waals surface area contributed by atoms with Gasteiger partial charge in [-0.1, -0.05) is 35.9 Å². The minimum absolute atomic E-state index is 0.0143. The van der Waals surface area contributed by atoms with Crippen molar-refractivity contribution in [1.29, 1.82) is 0 Å². The van der Waals surface area contributed by atoms with Gasteiger partial charge in [0, 0.05) is 17.3 Å². The number of aliphatic hydroxyl groups is 1. The molecule has 0 saturated heterocycles. The van der Waals surface area contributed by atoms with Gasteiger partial charge < -0.3 is 16.2 Å². The highest BCUT2D eigenvalue weighted by Gasteiger charge is 2.49. The fourth-order valence-electron chi connectivity index (χ4n) is 3.56. The second-order valence-corrected chi connectivity index (χ2v) is 8.46. The molecule has 2 radical (unpaired) electrons. The predicted molar refractivity (Wildman–Crippen MR) is 126 cm³/mol. The number of rotatable bonds is 7. The molecule has 2 aromatic carbocycles. The lowest BCUT2D eigenvalue weighted by atomic mass is 9.70. The van der Waals surface area contributed by atoms with E-state index >= 15 is 4.39 Å². The Kier molecular flexibility index (Phi) is 6.86. The Hall–Kier alpha value is -3.71. The summed E-state index contributed by atoms with van der Waals surface area (Å²) in [4.78, 5) is 16.7. The van der Waals surface area contributed by atoms with Gasteiger partial charge in [-0.2, -0.15) is 4.98 Å². The molecule has 1 amide bonds. The predicted octanol–water partition coefficient (Wildman–Crippen LogP) is 4.09. The van der Waals surface area contributed by atoms with E-state index < -0.39 is 52.8 Å². The van der Waals surface area contributed by atoms with E-state index in [2.05, 4.69) is 10.1 Å². The van der Waals surface area contributed by atoms with Crippen molar-refractivity contribution in [2.24, 2.45) is 0 Å². The lowest BCUT2D eigenvalue weighted by Crippen LogP contribution is -2.52. The molecule has 0 bridgehead atoms. The highest BCUT2D eigenvalue weighted by atomic mass is 35.5. The molecule has 0 aliphatic heterocycles. The van der Waals surface area contributed by atoms with Crippen LogP contribution in [0.3, 0.4) is 0 Å². The van der Waals surface area contributed by atoms with Gasteiger partial charge >= 0.3 is 0 Å². The van der Waals surface area contributed by atoms with E-state index in [-0.39, 0.29) is 22.1 Å². The second kappa shape index (κ2) is 9.63. The number of alkyl halides is 4. The van der Waals surface area contributed by atoms with Crippen molar-refractivity contribution in [2.75, 3.05) is 12.3 Å². The van der Waals surface area contributed by atoms with Crippen LogP contribution in [0.1, 0.15) is 27.9 Å². The van der Waals surface area contributed by atoms with Gasteiger partial charge in [0.05, 0.1) is 17.1 Å². The third-order valence-corrected chi connectivity index (χ3v) is 5.93. The summed E-state index contributed by atoms with van der Waals surface area (Å²) in [6, 6.07) is 8.71. The van der Waals surface area contributed by atoms with Crippen LogP contribution in [0.5, 0.6) is 0 Å². The van der Waals surface area contributed by atoms with E-state index in [9.17, 15) is 27.5 Å². The summed E-state index contributed by atoms with van der Waals surface area (Å²) < 4.78 is 71.8. The van der Waals surface area contributed by atoms with Crippen molar-refractivity contribution in [2.45, 2.75) is 17.8 Å². The number of hydrogen-bond donors (Lipinski definition) is 3. The summed E-state index contributed by atoms with van der Waals surface area (Å²) in [5, 5.41) is 15.6. The number of anilines is 1. The number of hydrogen-bond acceptors (Lipinski definition) is 5. The lowest BCUT2D eigenvalue weighted by molar-refractivity contribution is -0.134. The minimum atomic E-state index is -4.20. The number of halogens is 6. The van der Waals surface area contributed by atoms with Crippen LogP contribution >= 0.6 is 11.6 Å². The zero-order chi connectivity index (χ0) is 27.1. The molecular formula is C23H16BClF5N5O2. The zero-order valence-corrected chi connectivity index (χ0v) is 19.4. The molecular weight excluding hydrogens is 520 g/mol. The number of carbonyl (C=O) groups is 1. The number of nitrogens with one attached hydrogen (secondary N) is 1. The summed E-state index contributed by atoms with van der Waals surface area (Å²) in [5.74, 6) is -6.62. The number of nitrogens with two attached hydrogens (primary N) is 1. The van der Waals surface area contributed by atoms with Gasteiger partial charge in [0.1, 0.15) is 19.2 Å². The van der Waals surface area contributed by atoms with Crippen molar-refractivity contribution >= 4 is 36.9 Å². The largest absolute Gasteiger partial charge is 0.389 e. The van der Waals surface area contributed by atoms with Crippen LogP contribution in [0.25, 0.3) is 16.8 Å².